The maximum Gasteiger partial charge on any atom is 0.311 e. The number of rotatable bonds is 6. The number of carboxylic acids is 1. The lowest BCUT2D eigenvalue weighted by molar-refractivity contribution is -0.151. The molecule has 1 heterocycles. The maximum atomic E-state index is 13.1. The summed E-state index contributed by atoms with van der Waals surface area (Å²) in [5.41, 5.74) is -0.222. The van der Waals surface area contributed by atoms with Crippen LogP contribution in [0.2, 0.25) is 0 Å². The van der Waals surface area contributed by atoms with Crippen LogP contribution in [-0.2, 0) is 16.0 Å². The summed E-state index contributed by atoms with van der Waals surface area (Å²) in [6.45, 7) is 4.43. The summed E-state index contributed by atoms with van der Waals surface area (Å²) in [5.74, 6) is -2.75. The van der Waals surface area contributed by atoms with E-state index in [1.807, 2.05) is 13.8 Å². The van der Waals surface area contributed by atoms with Gasteiger partial charge in [0.25, 0.3) is 0 Å². The molecule has 1 aliphatic rings. The fourth-order valence-electron chi connectivity index (χ4n) is 3.24. The molecule has 1 N–H and O–H groups in total. The van der Waals surface area contributed by atoms with Crippen LogP contribution in [-0.4, -0.2) is 35.0 Å². The molecule has 1 aromatic rings. The molecule has 0 spiro atoms. The Morgan fingerprint density at radius 1 is 1.29 bits per heavy atom. The van der Waals surface area contributed by atoms with Crippen molar-refractivity contribution < 1.29 is 23.5 Å². The van der Waals surface area contributed by atoms with Gasteiger partial charge < -0.3 is 10.0 Å². The number of carboxylic acid groups (broad SMARTS) is 1. The van der Waals surface area contributed by atoms with Crippen molar-refractivity contribution in [3.8, 4) is 0 Å². The second-order valence-corrected chi connectivity index (χ2v) is 6.78. The third-order valence-corrected chi connectivity index (χ3v) is 5.02. The van der Waals surface area contributed by atoms with E-state index in [1.54, 1.807) is 4.90 Å². The molecule has 0 radical (unpaired) electrons. The van der Waals surface area contributed by atoms with Crippen molar-refractivity contribution in [2.24, 2.45) is 11.3 Å². The van der Waals surface area contributed by atoms with Crippen LogP contribution in [0.1, 0.15) is 38.7 Å². The molecule has 1 aliphatic heterocycles. The highest BCUT2D eigenvalue weighted by Crippen LogP contribution is 2.38. The average molecular weight is 339 g/mol. The van der Waals surface area contributed by atoms with Gasteiger partial charge in [0.1, 0.15) is 0 Å². The summed E-state index contributed by atoms with van der Waals surface area (Å²) < 4.78 is 26.0. The highest BCUT2D eigenvalue weighted by molar-refractivity contribution is 5.80. The number of carbonyl (C=O) groups is 2. The van der Waals surface area contributed by atoms with Gasteiger partial charge in [-0.25, -0.2) is 8.78 Å². The minimum atomic E-state index is -0.887. The van der Waals surface area contributed by atoms with Gasteiger partial charge in [-0.1, -0.05) is 19.9 Å². The number of amides is 1. The topological polar surface area (TPSA) is 57.6 Å². The Bertz CT molecular complexity index is 633. The number of aliphatic carboxylic acids is 1. The molecule has 6 heteroatoms. The number of aryl methyl sites for hydroxylation is 1. The van der Waals surface area contributed by atoms with E-state index in [0.29, 0.717) is 31.4 Å². The first-order valence-electron chi connectivity index (χ1n) is 8.21. The van der Waals surface area contributed by atoms with Crippen LogP contribution in [0.15, 0.2) is 18.2 Å². The molecular formula is C18H23F2NO3. The number of hydrogen-bond acceptors (Lipinski definition) is 2. The molecule has 24 heavy (non-hydrogen) atoms. The van der Waals surface area contributed by atoms with Gasteiger partial charge in [0.05, 0.1) is 5.41 Å². The average Bonchev–Trinajstić information content (AvgIpc) is 2.97. The Balaban J connectivity index is 1.87. The van der Waals surface area contributed by atoms with E-state index in [1.165, 1.54) is 6.07 Å². The zero-order chi connectivity index (χ0) is 17.9. The van der Waals surface area contributed by atoms with Crippen LogP contribution in [0.5, 0.6) is 0 Å². The van der Waals surface area contributed by atoms with Gasteiger partial charge in [0.2, 0.25) is 5.91 Å². The van der Waals surface area contributed by atoms with Gasteiger partial charge in [-0.3, -0.25) is 9.59 Å². The molecule has 0 aromatic heterocycles. The normalized spacial score (nSPS) is 20.6. The molecular weight excluding hydrogens is 316 g/mol. The van der Waals surface area contributed by atoms with Gasteiger partial charge in [0.15, 0.2) is 11.6 Å². The summed E-state index contributed by atoms with van der Waals surface area (Å²) in [5, 5.41) is 9.50. The van der Waals surface area contributed by atoms with E-state index in [-0.39, 0.29) is 24.8 Å². The Kier molecular flexibility index (Phi) is 5.57. The van der Waals surface area contributed by atoms with E-state index >= 15 is 0 Å². The van der Waals surface area contributed by atoms with Gasteiger partial charge in [-0.2, -0.15) is 0 Å². The first-order valence-corrected chi connectivity index (χ1v) is 8.21. The van der Waals surface area contributed by atoms with E-state index < -0.39 is 23.0 Å². The Morgan fingerprint density at radius 3 is 2.54 bits per heavy atom. The molecule has 0 aliphatic carbocycles. The van der Waals surface area contributed by atoms with Crippen molar-refractivity contribution in [2.45, 2.75) is 39.5 Å². The SMILES string of the molecule is CC(C)C1(C(=O)O)CCN(C(=O)CCCc2ccc(F)c(F)c2)C1. The zero-order valence-electron chi connectivity index (χ0n) is 14.0. The summed E-state index contributed by atoms with van der Waals surface area (Å²) in [7, 11) is 0. The Labute approximate surface area is 140 Å². The van der Waals surface area contributed by atoms with Crippen LogP contribution in [0.4, 0.5) is 8.78 Å². The van der Waals surface area contributed by atoms with Gasteiger partial charge in [0, 0.05) is 19.5 Å². The number of hydrogen-bond donors (Lipinski definition) is 1. The van der Waals surface area contributed by atoms with Crippen LogP contribution < -0.4 is 0 Å². The Hall–Kier alpha value is -1.98. The van der Waals surface area contributed by atoms with Crippen LogP contribution >= 0.6 is 0 Å². The highest BCUT2D eigenvalue weighted by Gasteiger charge is 2.48. The molecule has 0 saturated carbocycles. The van der Waals surface area contributed by atoms with Crippen molar-refractivity contribution in [3.63, 3.8) is 0 Å². The maximum absolute atomic E-state index is 13.1. The fraction of sp³-hybridized carbons (Fsp3) is 0.556. The summed E-state index contributed by atoms with van der Waals surface area (Å²) in [4.78, 5) is 25.5. The second kappa shape index (κ2) is 7.28. The minimum absolute atomic E-state index is 0.0463. The summed E-state index contributed by atoms with van der Waals surface area (Å²) in [6, 6.07) is 3.73. The van der Waals surface area contributed by atoms with Gasteiger partial charge in [-0.05, 0) is 42.9 Å². The van der Waals surface area contributed by atoms with Crippen molar-refractivity contribution in [1.29, 1.82) is 0 Å². The quantitative estimate of drug-likeness (QED) is 0.865. The molecule has 1 saturated heterocycles. The van der Waals surface area contributed by atoms with Gasteiger partial charge in [-0.15, -0.1) is 0 Å². The fourth-order valence-corrected chi connectivity index (χ4v) is 3.24. The van der Waals surface area contributed by atoms with Crippen molar-refractivity contribution in [3.05, 3.63) is 35.4 Å². The van der Waals surface area contributed by atoms with Crippen molar-refractivity contribution in [1.82, 2.24) is 4.90 Å². The number of likely N-dealkylation sites (tertiary alicyclic amines) is 1. The number of nitrogens with zero attached hydrogens (tertiary/aromatic N) is 1. The number of halogens is 2. The molecule has 1 fully saturated rings. The second-order valence-electron chi connectivity index (χ2n) is 6.78. The van der Waals surface area contributed by atoms with Crippen molar-refractivity contribution in [2.75, 3.05) is 13.1 Å². The lowest BCUT2D eigenvalue weighted by Gasteiger charge is -2.28. The molecule has 0 bridgehead atoms. The number of benzene rings is 1. The Morgan fingerprint density at radius 2 is 2.00 bits per heavy atom. The molecule has 132 valence electrons. The predicted molar refractivity (Wildman–Crippen MR) is 85.4 cm³/mol. The lowest BCUT2D eigenvalue weighted by Crippen LogP contribution is -2.40. The van der Waals surface area contributed by atoms with Crippen LogP contribution in [0.3, 0.4) is 0 Å². The minimum Gasteiger partial charge on any atom is -0.481 e. The molecule has 1 aromatic carbocycles. The summed E-state index contributed by atoms with van der Waals surface area (Å²) in [6.07, 6.45) is 1.73. The van der Waals surface area contributed by atoms with Crippen LogP contribution in [0.25, 0.3) is 0 Å². The standard InChI is InChI=1S/C18H23F2NO3/c1-12(2)18(17(23)24)8-9-21(11-18)16(22)5-3-4-13-6-7-14(19)15(20)10-13/h6-7,10,12H,3-5,8-9,11H2,1-2H3,(H,23,24). The molecule has 1 unspecified atom stereocenters. The first-order chi connectivity index (χ1) is 11.3. The third-order valence-electron chi connectivity index (χ3n) is 5.02. The third kappa shape index (κ3) is 3.74. The van der Waals surface area contributed by atoms with Gasteiger partial charge >= 0.3 is 5.97 Å². The van der Waals surface area contributed by atoms with E-state index in [9.17, 15) is 23.5 Å². The highest BCUT2D eigenvalue weighted by atomic mass is 19.2. The van der Waals surface area contributed by atoms with E-state index in [2.05, 4.69) is 0 Å². The van der Waals surface area contributed by atoms with Crippen molar-refractivity contribution >= 4 is 11.9 Å². The monoisotopic (exact) mass is 339 g/mol. The van der Waals surface area contributed by atoms with Crippen LogP contribution in [0, 0.1) is 23.0 Å². The van der Waals surface area contributed by atoms with E-state index in [0.717, 1.165) is 12.1 Å². The zero-order valence-corrected chi connectivity index (χ0v) is 14.0. The first kappa shape index (κ1) is 18.4. The molecule has 1 atom stereocenters. The lowest BCUT2D eigenvalue weighted by atomic mass is 9.76. The predicted octanol–water partition coefficient (Wildman–Crippen LogP) is 3.25. The molecule has 1 amide bonds. The number of carbonyl (C=O) groups excluding carboxylic acids is 1. The molecule has 2 rings (SSSR count). The smallest absolute Gasteiger partial charge is 0.311 e. The largest absolute Gasteiger partial charge is 0.481 e. The summed E-state index contributed by atoms with van der Waals surface area (Å²) >= 11 is 0. The van der Waals surface area contributed by atoms with E-state index in [4.69, 9.17) is 0 Å². The molecule has 4 nitrogen and oxygen atoms in total.